The maximum atomic E-state index is 15.0. The van der Waals surface area contributed by atoms with Crippen molar-refractivity contribution in [1.29, 1.82) is 0 Å². The first-order valence-corrected chi connectivity index (χ1v) is 7.87. The van der Waals surface area contributed by atoms with Crippen molar-refractivity contribution in [2.45, 2.75) is 19.8 Å². The third-order valence-electron chi connectivity index (χ3n) is 4.63. The molecule has 4 rings (SSSR count). The van der Waals surface area contributed by atoms with Crippen molar-refractivity contribution in [2.75, 3.05) is 0 Å². The number of halogens is 2. The molecule has 0 saturated carbocycles. The van der Waals surface area contributed by atoms with Crippen molar-refractivity contribution >= 4 is 0 Å². The van der Waals surface area contributed by atoms with Crippen LogP contribution in [0.15, 0.2) is 54.6 Å². The van der Waals surface area contributed by atoms with Crippen molar-refractivity contribution in [3.63, 3.8) is 0 Å². The van der Waals surface area contributed by atoms with E-state index in [1.165, 1.54) is 23.3 Å². The minimum absolute atomic E-state index is 0.191. The minimum atomic E-state index is -0.310. The average Bonchev–Trinajstić information content (AvgIpc) is 2.95. The quantitative estimate of drug-likeness (QED) is 0.441. The Balaban J connectivity index is 1.83. The maximum absolute atomic E-state index is 15.0. The molecule has 23 heavy (non-hydrogen) atoms. The van der Waals surface area contributed by atoms with Crippen LogP contribution in [0.5, 0.6) is 0 Å². The van der Waals surface area contributed by atoms with Crippen LogP contribution in [0.1, 0.15) is 23.6 Å². The molecule has 0 nitrogen and oxygen atoms in total. The Bertz CT molecular complexity index is 892. The molecule has 0 atom stereocenters. The number of benzene rings is 3. The summed E-state index contributed by atoms with van der Waals surface area (Å²) in [6, 6.07) is 16.1. The molecular formula is C21H16F2. The number of hydrogen-bond donors (Lipinski definition) is 0. The number of aryl methyl sites for hydroxylation is 1. The van der Waals surface area contributed by atoms with E-state index in [0.717, 1.165) is 23.1 Å². The van der Waals surface area contributed by atoms with Gasteiger partial charge in [0.1, 0.15) is 11.6 Å². The molecule has 0 N–H and O–H groups in total. The molecule has 3 aromatic rings. The Kier molecular flexibility index (Phi) is 3.26. The minimum Gasteiger partial charge on any atom is -0.207 e. The van der Waals surface area contributed by atoms with E-state index < -0.39 is 0 Å². The lowest BCUT2D eigenvalue weighted by Gasteiger charge is -2.08. The van der Waals surface area contributed by atoms with Gasteiger partial charge in [-0.15, -0.1) is 0 Å². The predicted molar refractivity (Wildman–Crippen MR) is 89.4 cm³/mol. The van der Waals surface area contributed by atoms with Crippen LogP contribution in [0, 0.1) is 11.6 Å². The highest BCUT2D eigenvalue weighted by Gasteiger charge is 2.23. The van der Waals surface area contributed by atoms with Crippen LogP contribution in [-0.2, 0) is 12.8 Å². The van der Waals surface area contributed by atoms with E-state index in [2.05, 4.69) is 25.1 Å². The van der Waals surface area contributed by atoms with Gasteiger partial charge in [-0.05, 0) is 46.4 Å². The maximum Gasteiger partial charge on any atom is 0.135 e. The molecule has 0 bridgehead atoms. The van der Waals surface area contributed by atoms with Gasteiger partial charge in [0.25, 0.3) is 0 Å². The molecule has 0 saturated heterocycles. The zero-order chi connectivity index (χ0) is 16.0. The summed E-state index contributed by atoms with van der Waals surface area (Å²) < 4.78 is 28.1. The summed E-state index contributed by atoms with van der Waals surface area (Å²) in [6.45, 7) is 2.12. The number of hydrogen-bond acceptors (Lipinski definition) is 0. The summed E-state index contributed by atoms with van der Waals surface area (Å²) in [7, 11) is 0. The van der Waals surface area contributed by atoms with Crippen molar-refractivity contribution in [1.82, 2.24) is 0 Å². The van der Waals surface area contributed by atoms with Gasteiger partial charge < -0.3 is 0 Å². The Hall–Kier alpha value is -2.48. The van der Waals surface area contributed by atoms with E-state index in [-0.39, 0.29) is 11.6 Å². The first-order valence-electron chi connectivity index (χ1n) is 7.87. The topological polar surface area (TPSA) is 0 Å². The van der Waals surface area contributed by atoms with E-state index in [1.807, 2.05) is 6.07 Å². The Morgan fingerprint density at radius 3 is 2.26 bits per heavy atom. The molecule has 0 heterocycles. The van der Waals surface area contributed by atoms with Gasteiger partial charge in [-0.2, -0.15) is 0 Å². The first-order chi connectivity index (χ1) is 11.2. The van der Waals surface area contributed by atoms with Crippen molar-refractivity contribution < 1.29 is 8.78 Å². The van der Waals surface area contributed by atoms with Gasteiger partial charge in [-0.1, -0.05) is 49.4 Å². The predicted octanol–water partition coefficient (Wildman–Crippen LogP) is 5.77. The van der Waals surface area contributed by atoms with Gasteiger partial charge in [-0.25, -0.2) is 8.78 Å². The lowest BCUT2D eigenvalue weighted by molar-refractivity contribution is 0.618. The second kappa shape index (κ2) is 5.31. The largest absolute Gasteiger partial charge is 0.207 e. The van der Waals surface area contributed by atoms with Crippen molar-refractivity contribution in [3.05, 3.63) is 82.9 Å². The Morgan fingerprint density at radius 2 is 1.52 bits per heavy atom. The van der Waals surface area contributed by atoms with Crippen LogP contribution in [0.2, 0.25) is 0 Å². The van der Waals surface area contributed by atoms with E-state index in [1.54, 1.807) is 18.2 Å². The molecular weight excluding hydrogens is 290 g/mol. The van der Waals surface area contributed by atoms with E-state index in [4.69, 9.17) is 0 Å². The number of fused-ring (bicyclic) bond motifs is 3. The standard InChI is InChI=1S/C21H16F2/c1-2-13-3-8-17-15(11-13)12-20-19(17)10-9-18(21(20)23)14-4-6-16(22)7-5-14/h3-11H,2,12H2,1H3. The summed E-state index contributed by atoms with van der Waals surface area (Å²) in [5.41, 5.74) is 6.55. The van der Waals surface area contributed by atoms with Crippen LogP contribution in [0.25, 0.3) is 22.3 Å². The normalized spacial score (nSPS) is 12.1. The van der Waals surface area contributed by atoms with Crippen molar-refractivity contribution in [3.8, 4) is 22.3 Å². The number of rotatable bonds is 2. The molecule has 0 fully saturated rings. The van der Waals surface area contributed by atoms with E-state index in [0.29, 0.717) is 17.5 Å². The molecule has 0 radical (unpaired) electrons. The zero-order valence-corrected chi connectivity index (χ0v) is 12.9. The molecule has 3 aromatic carbocycles. The fraction of sp³-hybridized carbons (Fsp3) is 0.143. The van der Waals surface area contributed by atoms with Crippen LogP contribution >= 0.6 is 0 Å². The fourth-order valence-electron chi connectivity index (χ4n) is 3.37. The van der Waals surface area contributed by atoms with Crippen LogP contribution in [0.3, 0.4) is 0 Å². The molecule has 0 spiro atoms. The smallest absolute Gasteiger partial charge is 0.135 e. The summed E-state index contributed by atoms with van der Waals surface area (Å²) >= 11 is 0. The zero-order valence-electron chi connectivity index (χ0n) is 12.9. The Labute approximate surface area is 134 Å². The van der Waals surface area contributed by atoms with Crippen LogP contribution in [-0.4, -0.2) is 0 Å². The summed E-state index contributed by atoms with van der Waals surface area (Å²) in [4.78, 5) is 0. The lowest BCUT2D eigenvalue weighted by Crippen LogP contribution is -1.92. The third-order valence-corrected chi connectivity index (χ3v) is 4.63. The van der Waals surface area contributed by atoms with Crippen molar-refractivity contribution in [2.24, 2.45) is 0 Å². The molecule has 114 valence electrons. The SMILES string of the molecule is CCc1ccc2c(c1)Cc1c-2ccc(-c2ccc(F)cc2)c1F. The third kappa shape index (κ3) is 2.26. The summed E-state index contributed by atoms with van der Waals surface area (Å²) in [5.74, 6) is -0.502. The van der Waals surface area contributed by atoms with Crippen LogP contribution < -0.4 is 0 Å². The van der Waals surface area contributed by atoms with Crippen LogP contribution in [0.4, 0.5) is 8.78 Å². The highest BCUT2D eigenvalue weighted by atomic mass is 19.1. The van der Waals surface area contributed by atoms with Gasteiger partial charge in [0, 0.05) is 17.5 Å². The molecule has 0 aromatic heterocycles. The monoisotopic (exact) mass is 306 g/mol. The second-order valence-electron chi connectivity index (χ2n) is 5.98. The van der Waals surface area contributed by atoms with Gasteiger partial charge in [0.05, 0.1) is 0 Å². The molecule has 0 amide bonds. The highest BCUT2D eigenvalue weighted by molar-refractivity contribution is 5.81. The Morgan fingerprint density at radius 1 is 0.826 bits per heavy atom. The van der Waals surface area contributed by atoms with Gasteiger partial charge in [-0.3, -0.25) is 0 Å². The molecule has 1 aliphatic carbocycles. The van der Waals surface area contributed by atoms with Gasteiger partial charge >= 0.3 is 0 Å². The molecule has 1 aliphatic rings. The van der Waals surface area contributed by atoms with E-state index in [9.17, 15) is 4.39 Å². The fourth-order valence-corrected chi connectivity index (χ4v) is 3.37. The first kappa shape index (κ1) is 14.1. The molecule has 0 unspecified atom stereocenters. The van der Waals surface area contributed by atoms with Gasteiger partial charge in [0.15, 0.2) is 0 Å². The summed E-state index contributed by atoms with van der Waals surface area (Å²) in [6.07, 6.45) is 1.60. The molecule has 0 aliphatic heterocycles. The molecule has 2 heteroatoms. The average molecular weight is 306 g/mol. The van der Waals surface area contributed by atoms with E-state index >= 15 is 4.39 Å². The highest BCUT2D eigenvalue weighted by Crippen LogP contribution is 2.41. The lowest BCUT2D eigenvalue weighted by atomic mass is 9.98. The summed E-state index contributed by atoms with van der Waals surface area (Å²) in [5, 5.41) is 0. The van der Waals surface area contributed by atoms with Gasteiger partial charge in [0.2, 0.25) is 0 Å². The second-order valence-corrected chi connectivity index (χ2v) is 5.98.